The summed E-state index contributed by atoms with van der Waals surface area (Å²) >= 11 is 0. The van der Waals surface area contributed by atoms with Crippen LogP contribution in [0.2, 0.25) is 0 Å². The number of fused-ring (bicyclic) bond motifs is 1. The third-order valence-corrected chi connectivity index (χ3v) is 7.18. The van der Waals surface area contributed by atoms with Gasteiger partial charge in [-0.2, -0.15) is 26.3 Å². The number of aliphatic carboxylic acids is 2. The molecule has 0 radical (unpaired) electrons. The number of rotatable bonds is 8. The van der Waals surface area contributed by atoms with Crippen molar-refractivity contribution in [1.29, 1.82) is 0 Å². The summed E-state index contributed by atoms with van der Waals surface area (Å²) in [7, 11) is 0. The van der Waals surface area contributed by atoms with Crippen LogP contribution in [0.15, 0.2) is 18.3 Å². The highest BCUT2D eigenvalue weighted by molar-refractivity contribution is 5.94. The Kier molecular flexibility index (Phi) is 12.9. The molecule has 248 valence electrons. The number of carbonyl (C=O) groups excluding carboxylic acids is 1. The maximum atomic E-state index is 12.8. The molecule has 44 heavy (non-hydrogen) atoms. The molecule has 1 unspecified atom stereocenters. The Balaban J connectivity index is 0.000000402. The van der Waals surface area contributed by atoms with E-state index in [4.69, 9.17) is 19.8 Å². The Labute approximate surface area is 250 Å². The molecular formula is C27H38F6N6O5. The normalized spacial score (nSPS) is 18.0. The molecule has 2 aromatic rings. The minimum atomic E-state index is -5.08. The molecule has 3 heterocycles. The molecule has 1 saturated heterocycles. The molecule has 2 aromatic heterocycles. The van der Waals surface area contributed by atoms with Gasteiger partial charge in [0.1, 0.15) is 0 Å². The average Bonchev–Trinajstić information content (AvgIpc) is 3.65. The van der Waals surface area contributed by atoms with Crippen LogP contribution in [-0.2, 0) is 9.59 Å². The molecule has 4 rings (SSSR count). The van der Waals surface area contributed by atoms with E-state index in [0.717, 1.165) is 49.9 Å². The quantitative estimate of drug-likeness (QED) is 0.359. The van der Waals surface area contributed by atoms with Crippen molar-refractivity contribution in [2.75, 3.05) is 26.2 Å². The summed E-state index contributed by atoms with van der Waals surface area (Å²) in [5.41, 5.74) is 1.46. The highest BCUT2D eigenvalue weighted by Gasteiger charge is 2.39. The third kappa shape index (κ3) is 10.9. The molecule has 0 bridgehead atoms. The first-order valence-corrected chi connectivity index (χ1v) is 14.1. The summed E-state index contributed by atoms with van der Waals surface area (Å²) in [6, 6.07) is 4.59. The first-order chi connectivity index (χ1) is 20.4. The lowest BCUT2D eigenvalue weighted by Gasteiger charge is -2.42. The van der Waals surface area contributed by atoms with Crippen molar-refractivity contribution in [2.45, 2.75) is 83.9 Å². The number of carboxylic acids is 2. The predicted molar refractivity (Wildman–Crippen MR) is 146 cm³/mol. The lowest BCUT2D eigenvalue weighted by atomic mass is 10.1. The topological polar surface area (TPSA) is 140 Å². The Morgan fingerprint density at radius 3 is 1.95 bits per heavy atom. The Morgan fingerprint density at radius 1 is 0.955 bits per heavy atom. The highest BCUT2D eigenvalue weighted by atomic mass is 19.4. The van der Waals surface area contributed by atoms with Crippen LogP contribution in [-0.4, -0.2) is 103 Å². The van der Waals surface area contributed by atoms with E-state index in [1.807, 2.05) is 22.7 Å². The van der Waals surface area contributed by atoms with Gasteiger partial charge in [0.05, 0.1) is 11.6 Å². The van der Waals surface area contributed by atoms with Crippen LogP contribution >= 0.6 is 0 Å². The molecular weight excluding hydrogens is 602 g/mol. The van der Waals surface area contributed by atoms with Gasteiger partial charge in [-0.05, 0) is 57.6 Å². The summed E-state index contributed by atoms with van der Waals surface area (Å²) in [4.78, 5) is 35.7. The van der Waals surface area contributed by atoms with E-state index in [9.17, 15) is 31.1 Å². The maximum Gasteiger partial charge on any atom is 0.490 e. The molecule has 3 N–H and O–H groups in total. The summed E-state index contributed by atoms with van der Waals surface area (Å²) in [5, 5.41) is 26.4. The first kappa shape index (κ1) is 36.7. The zero-order valence-electron chi connectivity index (χ0n) is 24.8. The van der Waals surface area contributed by atoms with E-state index < -0.39 is 24.3 Å². The number of nitrogens with zero attached hydrogens (tertiary/aromatic N) is 5. The van der Waals surface area contributed by atoms with Crippen LogP contribution in [0.25, 0.3) is 5.65 Å². The van der Waals surface area contributed by atoms with Crippen molar-refractivity contribution < 1.29 is 50.9 Å². The van der Waals surface area contributed by atoms with E-state index >= 15 is 0 Å². The summed E-state index contributed by atoms with van der Waals surface area (Å²) < 4.78 is 65.5. The van der Waals surface area contributed by atoms with E-state index in [1.165, 1.54) is 19.4 Å². The number of pyridine rings is 1. The molecule has 1 saturated carbocycles. The molecule has 1 atom stereocenters. The van der Waals surface area contributed by atoms with Crippen LogP contribution in [0.5, 0.6) is 0 Å². The van der Waals surface area contributed by atoms with Crippen LogP contribution in [0, 0.1) is 5.92 Å². The number of hydrogen-bond donors (Lipinski definition) is 3. The number of halogens is 6. The van der Waals surface area contributed by atoms with Crippen molar-refractivity contribution in [3.05, 3.63) is 29.7 Å². The molecule has 0 aromatic carbocycles. The van der Waals surface area contributed by atoms with Gasteiger partial charge in [0.25, 0.3) is 5.91 Å². The number of carboxylic acid groups (broad SMARTS) is 2. The molecule has 2 fully saturated rings. The van der Waals surface area contributed by atoms with Crippen LogP contribution in [0.1, 0.15) is 75.6 Å². The molecule has 1 amide bonds. The molecule has 11 nitrogen and oxygen atoms in total. The second kappa shape index (κ2) is 15.5. The minimum absolute atomic E-state index is 0.0232. The van der Waals surface area contributed by atoms with Gasteiger partial charge < -0.3 is 15.5 Å². The smallest absolute Gasteiger partial charge is 0.475 e. The number of amides is 1. The minimum Gasteiger partial charge on any atom is -0.475 e. The van der Waals surface area contributed by atoms with Crippen molar-refractivity contribution in [1.82, 2.24) is 29.7 Å². The lowest BCUT2D eigenvalue weighted by molar-refractivity contribution is -0.193. The van der Waals surface area contributed by atoms with Crippen LogP contribution in [0.3, 0.4) is 0 Å². The second-order valence-electron chi connectivity index (χ2n) is 10.8. The van der Waals surface area contributed by atoms with Gasteiger partial charge in [0.15, 0.2) is 11.5 Å². The van der Waals surface area contributed by atoms with E-state index in [0.29, 0.717) is 11.6 Å². The Bertz CT molecular complexity index is 1240. The fourth-order valence-corrected chi connectivity index (χ4v) is 4.56. The summed E-state index contributed by atoms with van der Waals surface area (Å²) in [5.74, 6) is -3.71. The zero-order chi connectivity index (χ0) is 33.4. The SMILES string of the molecule is CCC(CC)NC(=O)c1ccc2nnc(C3CN(CC4CC4)CCN3C(C)C)n2c1.O=C(O)C(F)(F)F.O=C(O)C(F)(F)F. The van der Waals surface area contributed by atoms with E-state index in [2.05, 4.69) is 53.0 Å². The van der Waals surface area contributed by atoms with Crippen molar-refractivity contribution in [3.63, 3.8) is 0 Å². The average molecular weight is 641 g/mol. The van der Waals surface area contributed by atoms with Crippen molar-refractivity contribution in [2.24, 2.45) is 5.92 Å². The van der Waals surface area contributed by atoms with Crippen molar-refractivity contribution in [3.8, 4) is 0 Å². The number of piperazine rings is 1. The van der Waals surface area contributed by atoms with Gasteiger partial charge in [-0.3, -0.25) is 19.0 Å². The molecule has 0 spiro atoms. The number of nitrogens with one attached hydrogen (secondary N) is 1. The van der Waals surface area contributed by atoms with E-state index in [1.54, 1.807) is 0 Å². The highest BCUT2D eigenvalue weighted by Crippen LogP contribution is 2.33. The van der Waals surface area contributed by atoms with Crippen LogP contribution in [0.4, 0.5) is 26.3 Å². The van der Waals surface area contributed by atoms with Gasteiger partial charge in [0, 0.05) is 44.5 Å². The summed E-state index contributed by atoms with van der Waals surface area (Å²) in [6.07, 6.45) is -3.63. The fraction of sp³-hybridized carbons (Fsp3) is 0.667. The Hall–Kier alpha value is -3.47. The fourth-order valence-electron chi connectivity index (χ4n) is 4.56. The number of alkyl halides is 6. The first-order valence-electron chi connectivity index (χ1n) is 14.1. The second-order valence-corrected chi connectivity index (χ2v) is 10.8. The predicted octanol–water partition coefficient (Wildman–Crippen LogP) is 4.39. The monoisotopic (exact) mass is 640 g/mol. The summed E-state index contributed by atoms with van der Waals surface area (Å²) in [6.45, 7) is 13.0. The number of aromatic nitrogens is 3. The maximum absolute atomic E-state index is 12.8. The Morgan fingerprint density at radius 2 is 1.50 bits per heavy atom. The van der Waals surface area contributed by atoms with Crippen molar-refractivity contribution >= 4 is 23.5 Å². The molecule has 1 aliphatic carbocycles. The van der Waals surface area contributed by atoms with Crippen LogP contribution < -0.4 is 5.32 Å². The molecule has 2 aliphatic rings. The number of carbonyl (C=O) groups is 3. The standard InChI is InChI=1S/C23H36N6O.2C2HF3O2/c1-5-19(6-2)24-23(30)18-9-10-21-25-26-22(29(21)14-18)20-15-27(13-17-7-8-17)11-12-28(20)16(3)4;2*3-2(4,5)1(6)7/h9-10,14,16-17,19-20H,5-8,11-13,15H2,1-4H3,(H,24,30);2*(H,6,7). The largest absolute Gasteiger partial charge is 0.490 e. The van der Waals surface area contributed by atoms with Gasteiger partial charge in [-0.15, -0.1) is 10.2 Å². The third-order valence-electron chi connectivity index (χ3n) is 7.18. The van der Waals surface area contributed by atoms with Gasteiger partial charge in [-0.1, -0.05) is 13.8 Å². The lowest BCUT2D eigenvalue weighted by Crippen LogP contribution is -2.51. The molecule has 1 aliphatic heterocycles. The zero-order valence-corrected chi connectivity index (χ0v) is 24.8. The number of hydrogen-bond acceptors (Lipinski definition) is 7. The molecule has 17 heteroatoms. The van der Waals surface area contributed by atoms with Gasteiger partial charge in [-0.25, -0.2) is 9.59 Å². The van der Waals surface area contributed by atoms with E-state index in [-0.39, 0.29) is 18.0 Å². The van der Waals surface area contributed by atoms with Gasteiger partial charge in [0.2, 0.25) is 0 Å². The van der Waals surface area contributed by atoms with Gasteiger partial charge >= 0.3 is 24.3 Å².